The van der Waals surface area contributed by atoms with Crippen molar-refractivity contribution in [3.8, 4) is 0 Å². The number of ether oxygens (including phenoxy) is 1. The highest BCUT2D eigenvalue weighted by molar-refractivity contribution is 5.78. The summed E-state index contributed by atoms with van der Waals surface area (Å²) >= 11 is 0. The number of carbonyl (C=O) groups is 1. The fourth-order valence-electron chi connectivity index (χ4n) is 1.83. The van der Waals surface area contributed by atoms with Gasteiger partial charge in [-0.3, -0.25) is 9.69 Å². The Kier molecular flexibility index (Phi) is 7.16. The Hall–Kier alpha value is -0.650. The van der Waals surface area contributed by atoms with Crippen molar-refractivity contribution in [3.63, 3.8) is 0 Å². The molecule has 0 atom stereocenters. The van der Waals surface area contributed by atoms with Crippen LogP contribution in [0.2, 0.25) is 0 Å². The molecular formula is C12H25N3O2. The van der Waals surface area contributed by atoms with Crippen LogP contribution >= 0.6 is 0 Å². The Balaban J connectivity index is 1.91. The summed E-state index contributed by atoms with van der Waals surface area (Å²) in [5.74, 6) is 0.0753. The number of nitrogens with one attached hydrogen (secondary N) is 2. The highest BCUT2D eigenvalue weighted by Gasteiger charge is 2.09. The summed E-state index contributed by atoms with van der Waals surface area (Å²) in [4.78, 5) is 13.7. The molecule has 0 bridgehead atoms. The molecule has 0 radical (unpaired) electrons. The molecule has 1 rings (SSSR count). The minimum atomic E-state index is 0.0753. The SMILES string of the molecule is CC(C)NC(=O)CNCCCN1CCOCC1. The smallest absolute Gasteiger partial charge is 0.234 e. The van der Waals surface area contributed by atoms with Gasteiger partial charge in [0.1, 0.15) is 0 Å². The van der Waals surface area contributed by atoms with Crippen LogP contribution in [0.5, 0.6) is 0 Å². The van der Waals surface area contributed by atoms with E-state index in [1.165, 1.54) is 0 Å². The van der Waals surface area contributed by atoms with Gasteiger partial charge in [0.15, 0.2) is 0 Å². The molecule has 0 spiro atoms. The van der Waals surface area contributed by atoms with Crippen LogP contribution in [0.4, 0.5) is 0 Å². The average molecular weight is 243 g/mol. The second kappa shape index (κ2) is 8.44. The van der Waals surface area contributed by atoms with Crippen molar-refractivity contribution in [2.24, 2.45) is 0 Å². The summed E-state index contributed by atoms with van der Waals surface area (Å²) in [7, 11) is 0. The Morgan fingerprint density at radius 1 is 1.35 bits per heavy atom. The first-order valence-electron chi connectivity index (χ1n) is 6.48. The zero-order chi connectivity index (χ0) is 12.5. The van der Waals surface area contributed by atoms with Gasteiger partial charge in [0, 0.05) is 19.1 Å². The minimum absolute atomic E-state index is 0.0753. The van der Waals surface area contributed by atoms with Crippen LogP contribution in [-0.4, -0.2) is 62.8 Å². The molecule has 1 saturated heterocycles. The first kappa shape index (κ1) is 14.4. The summed E-state index contributed by atoms with van der Waals surface area (Å²) in [5.41, 5.74) is 0. The van der Waals surface area contributed by atoms with Crippen molar-refractivity contribution in [3.05, 3.63) is 0 Å². The molecule has 2 N–H and O–H groups in total. The number of morpholine rings is 1. The molecule has 0 aromatic rings. The molecule has 1 amide bonds. The van der Waals surface area contributed by atoms with Crippen molar-refractivity contribution >= 4 is 5.91 Å². The number of hydrogen-bond donors (Lipinski definition) is 2. The summed E-state index contributed by atoms with van der Waals surface area (Å²) in [5, 5.41) is 6.01. The molecule has 5 nitrogen and oxygen atoms in total. The standard InChI is InChI=1S/C12H25N3O2/c1-11(2)14-12(16)10-13-4-3-5-15-6-8-17-9-7-15/h11,13H,3-10H2,1-2H3,(H,14,16). The molecule has 17 heavy (non-hydrogen) atoms. The van der Waals surface area contributed by atoms with E-state index in [0.29, 0.717) is 6.54 Å². The number of rotatable bonds is 7. The number of nitrogens with zero attached hydrogens (tertiary/aromatic N) is 1. The molecule has 0 aliphatic carbocycles. The predicted molar refractivity (Wildman–Crippen MR) is 68.0 cm³/mol. The number of amides is 1. The fraction of sp³-hybridized carbons (Fsp3) is 0.917. The Morgan fingerprint density at radius 2 is 2.06 bits per heavy atom. The van der Waals surface area contributed by atoms with E-state index in [2.05, 4.69) is 15.5 Å². The molecular weight excluding hydrogens is 218 g/mol. The van der Waals surface area contributed by atoms with E-state index < -0.39 is 0 Å². The minimum Gasteiger partial charge on any atom is -0.379 e. The van der Waals surface area contributed by atoms with Crippen LogP contribution < -0.4 is 10.6 Å². The lowest BCUT2D eigenvalue weighted by atomic mass is 10.3. The monoisotopic (exact) mass is 243 g/mol. The Morgan fingerprint density at radius 3 is 2.71 bits per heavy atom. The maximum atomic E-state index is 11.3. The molecule has 1 aliphatic heterocycles. The van der Waals surface area contributed by atoms with E-state index in [1.54, 1.807) is 0 Å². The van der Waals surface area contributed by atoms with Crippen molar-refractivity contribution in [2.45, 2.75) is 26.3 Å². The third-order valence-corrected chi connectivity index (χ3v) is 2.67. The van der Waals surface area contributed by atoms with Crippen LogP contribution in [-0.2, 0) is 9.53 Å². The average Bonchev–Trinajstić information content (AvgIpc) is 2.29. The lowest BCUT2D eigenvalue weighted by Gasteiger charge is -2.26. The van der Waals surface area contributed by atoms with Crippen LogP contribution in [0.15, 0.2) is 0 Å². The Bertz CT molecular complexity index is 216. The molecule has 5 heteroatoms. The third-order valence-electron chi connectivity index (χ3n) is 2.67. The van der Waals surface area contributed by atoms with Gasteiger partial charge < -0.3 is 15.4 Å². The van der Waals surface area contributed by atoms with E-state index >= 15 is 0 Å². The maximum absolute atomic E-state index is 11.3. The summed E-state index contributed by atoms with van der Waals surface area (Å²) in [6.45, 7) is 10.1. The molecule has 0 unspecified atom stereocenters. The molecule has 0 aromatic carbocycles. The molecule has 1 aliphatic rings. The third kappa shape index (κ3) is 7.31. The van der Waals surface area contributed by atoms with Crippen molar-refractivity contribution in [1.82, 2.24) is 15.5 Å². The van der Waals surface area contributed by atoms with Crippen LogP contribution in [0, 0.1) is 0 Å². The van der Waals surface area contributed by atoms with Crippen molar-refractivity contribution in [2.75, 3.05) is 45.9 Å². The van der Waals surface area contributed by atoms with Gasteiger partial charge in [-0.1, -0.05) is 0 Å². The number of hydrogen-bond acceptors (Lipinski definition) is 4. The molecule has 0 aromatic heterocycles. The summed E-state index contributed by atoms with van der Waals surface area (Å²) in [6.07, 6.45) is 1.08. The second-order valence-electron chi connectivity index (χ2n) is 4.71. The highest BCUT2D eigenvalue weighted by Crippen LogP contribution is 1.96. The fourth-order valence-corrected chi connectivity index (χ4v) is 1.83. The van der Waals surface area contributed by atoms with Crippen LogP contribution in [0.3, 0.4) is 0 Å². The zero-order valence-corrected chi connectivity index (χ0v) is 11.0. The summed E-state index contributed by atoms with van der Waals surface area (Å²) < 4.78 is 5.29. The largest absolute Gasteiger partial charge is 0.379 e. The maximum Gasteiger partial charge on any atom is 0.234 e. The van der Waals surface area contributed by atoms with E-state index in [1.807, 2.05) is 13.8 Å². The van der Waals surface area contributed by atoms with Crippen LogP contribution in [0.1, 0.15) is 20.3 Å². The lowest BCUT2D eigenvalue weighted by Crippen LogP contribution is -2.40. The van der Waals surface area contributed by atoms with Crippen molar-refractivity contribution < 1.29 is 9.53 Å². The van der Waals surface area contributed by atoms with E-state index in [4.69, 9.17) is 4.74 Å². The van der Waals surface area contributed by atoms with Crippen LogP contribution in [0.25, 0.3) is 0 Å². The molecule has 100 valence electrons. The van der Waals surface area contributed by atoms with Gasteiger partial charge >= 0.3 is 0 Å². The molecule has 0 saturated carbocycles. The normalized spacial score (nSPS) is 17.4. The van der Waals surface area contributed by atoms with Crippen molar-refractivity contribution in [1.29, 1.82) is 0 Å². The van der Waals surface area contributed by atoms with Gasteiger partial charge in [0.25, 0.3) is 0 Å². The first-order chi connectivity index (χ1) is 8.18. The van der Waals surface area contributed by atoms with E-state index in [0.717, 1.165) is 45.8 Å². The van der Waals surface area contributed by atoms with Gasteiger partial charge in [0.2, 0.25) is 5.91 Å². The van der Waals surface area contributed by atoms with E-state index in [9.17, 15) is 4.79 Å². The van der Waals surface area contributed by atoms with Gasteiger partial charge in [-0.05, 0) is 33.4 Å². The highest BCUT2D eigenvalue weighted by atomic mass is 16.5. The Labute approximate surface area is 104 Å². The first-order valence-corrected chi connectivity index (χ1v) is 6.48. The summed E-state index contributed by atoms with van der Waals surface area (Å²) in [6, 6.07) is 0.220. The lowest BCUT2D eigenvalue weighted by molar-refractivity contribution is -0.120. The number of carbonyl (C=O) groups excluding carboxylic acids is 1. The topological polar surface area (TPSA) is 53.6 Å². The quantitative estimate of drug-likeness (QED) is 0.609. The molecule has 1 heterocycles. The zero-order valence-electron chi connectivity index (χ0n) is 11.0. The van der Waals surface area contributed by atoms with Gasteiger partial charge in [-0.25, -0.2) is 0 Å². The molecule has 1 fully saturated rings. The van der Waals surface area contributed by atoms with Gasteiger partial charge in [-0.15, -0.1) is 0 Å². The second-order valence-corrected chi connectivity index (χ2v) is 4.71. The predicted octanol–water partition coefficient (Wildman–Crippen LogP) is -0.177. The van der Waals surface area contributed by atoms with Gasteiger partial charge in [0.05, 0.1) is 19.8 Å². The van der Waals surface area contributed by atoms with E-state index in [-0.39, 0.29) is 11.9 Å². The van der Waals surface area contributed by atoms with Gasteiger partial charge in [-0.2, -0.15) is 0 Å².